The normalized spacial score (nSPS) is 28.0. The van der Waals surface area contributed by atoms with Crippen molar-refractivity contribution in [1.82, 2.24) is 24.2 Å². The molecule has 2 aliphatic heterocycles. The van der Waals surface area contributed by atoms with E-state index in [4.69, 9.17) is 4.74 Å². The quantitative estimate of drug-likeness (QED) is 0.770. The number of rotatable bonds is 4. The van der Waals surface area contributed by atoms with Gasteiger partial charge >= 0.3 is 0 Å². The van der Waals surface area contributed by atoms with Gasteiger partial charge in [0.05, 0.1) is 26.0 Å². The van der Waals surface area contributed by atoms with Crippen molar-refractivity contribution in [1.29, 1.82) is 0 Å². The Morgan fingerprint density at radius 2 is 1.92 bits per heavy atom. The summed E-state index contributed by atoms with van der Waals surface area (Å²) < 4.78 is 32.7. The van der Waals surface area contributed by atoms with Gasteiger partial charge in [-0.15, -0.1) is 5.10 Å². The minimum atomic E-state index is -3.52. The molecule has 3 aliphatic rings. The van der Waals surface area contributed by atoms with Crippen LogP contribution in [0.15, 0.2) is 11.2 Å². The number of hydrogen-bond donors (Lipinski definition) is 0. The summed E-state index contributed by atoms with van der Waals surface area (Å²) in [6.45, 7) is 7.41. The lowest BCUT2D eigenvalue weighted by Gasteiger charge is -2.39. The van der Waals surface area contributed by atoms with Crippen LogP contribution in [0.4, 0.5) is 0 Å². The average Bonchev–Trinajstić information content (AvgIpc) is 3.31. The third-order valence-corrected chi connectivity index (χ3v) is 8.18. The Bertz CT molecular complexity index is 721. The summed E-state index contributed by atoms with van der Waals surface area (Å²) in [7, 11) is -3.52. The standard InChI is InChI=1S/C17H29N5O3S/c1-2-22-18-14-16(19-22)26(23,24)21-7-5-17(6-8-21)4-3-15(13-17)20-9-11-25-12-10-20/h14-15H,2-13H2,1H3. The summed E-state index contributed by atoms with van der Waals surface area (Å²) in [6, 6.07) is 0.645. The Kier molecular flexibility index (Phi) is 5.06. The number of morpholine rings is 1. The first-order valence-corrected chi connectivity index (χ1v) is 11.2. The first-order chi connectivity index (χ1) is 12.5. The first-order valence-electron chi connectivity index (χ1n) is 9.75. The van der Waals surface area contributed by atoms with Crippen LogP contribution in [0.3, 0.4) is 0 Å². The van der Waals surface area contributed by atoms with Crippen molar-refractivity contribution in [2.45, 2.75) is 56.6 Å². The highest BCUT2D eigenvalue weighted by molar-refractivity contribution is 7.89. The molecule has 1 aromatic heterocycles. The molecule has 9 heteroatoms. The third kappa shape index (κ3) is 3.42. The zero-order valence-electron chi connectivity index (χ0n) is 15.5. The summed E-state index contributed by atoms with van der Waals surface area (Å²) in [5.74, 6) is 0. The van der Waals surface area contributed by atoms with Gasteiger partial charge in [-0.1, -0.05) is 0 Å². The number of aromatic nitrogens is 3. The predicted octanol–water partition coefficient (Wildman–Crippen LogP) is 0.954. The fraction of sp³-hybridized carbons (Fsp3) is 0.882. The second-order valence-electron chi connectivity index (χ2n) is 7.82. The predicted molar refractivity (Wildman–Crippen MR) is 96.2 cm³/mol. The number of aryl methyl sites for hydroxylation is 1. The van der Waals surface area contributed by atoms with Gasteiger partial charge in [0.2, 0.25) is 5.03 Å². The smallest absolute Gasteiger partial charge is 0.264 e. The minimum Gasteiger partial charge on any atom is -0.379 e. The van der Waals surface area contributed by atoms with Crippen LogP contribution in [0.2, 0.25) is 0 Å². The van der Waals surface area contributed by atoms with Gasteiger partial charge in [-0.2, -0.15) is 14.2 Å². The molecule has 0 N–H and O–H groups in total. The van der Waals surface area contributed by atoms with Crippen LogP contribution >= 0.6 is 0 Å². The van der Waals surface area contributed by atoms with E-state index in [0.717, 1.165) is 39.1 Å². The van der Waals surface area contributed by atoms with Gasteiger partial charge in [-0.3, -0.25) is 4.90 Å². The molecule has 3 fully saturated rings. The molecule has 0 amide bonds. The Labute approximate surface area is 155 Å². The van der Waals surface area contributed by atoms with Gasteiger partial charge in [0.25, 0.3) is 10.0 Å². The highest BCUT2D eigenvalue weighted by Crippen LogP contribution is 2.48. The second-order valence-corrected chi connectivity index (χ2v) is 9.71. The maximum Gasteiger partial charge on any atom is 0.264 e. The molecule has 1 unspecified atom stereocenters. The number of nitrogens with zero attached hydrogens (tertiary/aromatic N) is 5. The molecule has 3 heterocycles. The number of sulfonamides is 1. The Morgan fingerprint density at radius 1 is 1.19 bits per heavy atom. The van der Waals surface area contributed by atoms with Crippen LogP contribution in [0.1, 0.15) is 39.0 Å². The molecule has 0 radical (unpaired) electrons. The lowest BCUT2D eigenvalue weighted by Crippen LogP contribution is -2.45. The Morgan fingerprint density at radius 3 is 2.58 bits per heavy atom. The van der Waals surface area contributed by atoms with E-state index in [-0.39, 0.29) is 5.03 Å². The van der Waals surface area contributed by atoms with Gasteiger partial charge in [-0.05, 0) is 44.4 Å². The van der Waals surface area contributed by atoms with E-state index in [2.05, 4.69) is 15.1 Å². The minimum absolute atomic E-state index is 0.0768. The van der Waals surface area contributed by atoms with Crippen molar-refractivity contribution >= 4 is 10.0 Å². The fourth-order valence-corrected chi connectivity index (χ4v) is 6.08. The van der Waals surface area contributed by atoms with Crippen LogP contribution in [0, 0.1) is 5.41 Å². The van der Waals surface area contributed by atoms with Gasteiger partial charge in [0.15, 0.2) is 0 Å². The first kappa shape index (κ1) is 18.3. The monoisotopic (exact) mass is 383 g/mol. The van der Waals surface area contributed by atoms with Crippen LogP contribution in [0.5, 0.6) is 0 Å². The molecule has 2 saturated heterocycles. The third-order valence-electron chi connectivity index (χ3n) is 6.42. The molecule has 4 rings (SSSR count). The Hall–Kier alpha value is -1.03. The van der Waals surface area contributed by atoms with Crippen LogP contribution < -0.4 is 0 Å². The largest absolute Gasteiger partial charge is 0.379 e. The molecular weight excluding hydrogens is 354 g/mol. The Balaban J connectivity index is 1.38. The summed E-state index contributed by atoms with van der Waals surface area (Å²) in [6.07, 6.45) is 6.93. The molecule has 1 spiro atoms. The molecule has 0 aromatic carbocycles. The second kappa shape index (κ2) is 7.18. The molecule has 1 atom stereocenters. The molecule has 1 aromatic rings. The maximum atomic E-state index is 12.8. The van der Waals surface area contributed by atoms with E-state index < -0.39 is 10.0 Å². The molecule has 1 aliphatic carbocycles. The molecule has 146 valence electrons. The lowest BCUT2D eigenvalue weighted by atomic mass is 9.77. The maximum absolute atomic E-state index is 12.8. The van der Waals surface area contributed by atoms with Crippen molar-refractivity contribution in [2.24, 2.45) is 5.41 Å². The van der Waals surface area contributed by atoms with Crippen LogP contribution in [-0.2, 0) is 21.3 Å². The topological polar surface area (TPSA) is 80.6 Å². The van der Waals surface area contributed by atoms with Gasteiger partial charge in [0.1, 0.15) is 0 Å². The van der Waals surface area contributed by atoms with E-state index in [0.29, 0.717) is 31.1 Å². The van der Waals surface area contributed by atoms with Crippen molar-refractivity contribution in [3.05, 3.63) is 6.20 Å². The zero-order chi connectivity index (χ0) is 18.2. The van der Waals surface area contributed by atoms with Crippen LogP contribution in [-0.4, -0.2) is 78.1 Å². The van der Waals surface area contributed by atoms with Gasteiger partial charge < -0.3 is 4.74 Å². The molecule has 1 saturated carbocycles. The molecule has 26 heavy (non-hydrogen) atoms. The highest BCUT2D eigenvalue weighted by Gasteiger charge is 2.45. The van der Waals surface area contributed by atoms with E-state index in [1.165, 1.54) is 30.3 Å². The van der Waals surface area contributed by atoms with E-state index in [1.807, 2.05) is 6.92 Å². The summed E-state index contributed by atoms with van der Waals surface area (Å²) in [5, 5.41) is 8.18. The number of piperidine rings is 1. The molecular formula is C17H29N5O3S. The molecule has 8 nitrogen and oxygen atoms in total. The summed E-state index contributed by atoms with van der Waals surface area (Å²) in [5.41, 5.74) is 0.315. The zero-order valence-corrected chi connectivity index (χ0v) is 16.3. The lowest BCUT2D eigenvalue weighted by molar-refractivity contribution is 0.0137. The molecule has 0 bridgehead atoms. The van der Waals surface area contributed by atoms with E-state index in [9.17, 15) is 8.42 Å². The fourth-order valence-electron chi connectivity index (χ4n) is 4.77. The van der Waals surface area contributed by atoms with Gasteiger partial charge in [-0.25, -0.2) is 8.42 Å². The SMILES string of the molecule is CCn1ncc(S(=O)(=O)N2CCC3(CCC(N4CCOCC4)C3)CC2)n1. The van der Waals surface area contributed by atoms with E-state index >= 15 is 0 Å². The average molecular weight is 384 g/mol. The summed E-state index contributed by atoms with van der Waals surface area (Å²) in [4.78, 5) is 3.99. The number of ether oxygens (including phenoxy) is 1. The van der Waals surface area contributed by atoms with Crippen molar-refractivity contribution < 1.29 is 13.2 Å². The van der Waals surface area contributed by atoms with Gasteiger partial charge in [0, 0.05) is 32.2 Å². The van der Waals surface area contributed by atoms with E-state index in [1.54, 1.807) is 4.31 Å². The van der Waals surface area contributed by atoms with Crippen molar-refractivity contribution in [2.75, 3.05) is 39.4 Å². The summed E-state index contributed by atoms with van der Waals surface area (Å²) >= 11 is 0. The number of hydrogen-bond acceptors (Lipinski definition) is 6. The van der Waals surface area contributed by atoms with Crippen LogP contribution in [0.25, 0.3) is 0 Å². The van der Waals surface area contributed by atoms with Crippen molar-refractivity contribution in [3.63, 3.8) is 0 Å². The van der Waals surface area contributed by atoms with Crippen molar-refractivity contribution in [3.8, 4) is 0 Å². The highest BCUT2D eigenvalue weighted by atomic mass is 32.2.